The van der Waals surface area contributed by atoms with Gasteiger partial charge in [0.2, 0.25) is 5.91 Å². The number of nitrogens with one attached hydrogen (secondary N) is 1. The fraction of sp³-hybridized carbons (Fsp3) is 0.429. The molecule has 2 heterocycles. The summed E-state index contributed by atoms with van der Waals surface area (Å²) in [5, 5.41) is 16.4. The lowest BCUT2D eigenvalue weighted by molar-refractivity contribution is -0.132. The van der Waals surface area contributed by atoms with Gasteiger partial charge in [-0.25, -0.2) is 0 Å². The average Bonchev–Trinajstić information content (AvgIpc) is 3.19. The van der Waals surface area contributed by atoms with Gasteiger partial charge in [-0.15, -0.1) is 0 Å². The SMILES string of the molecule is CCC1(n2cc(C(N)=O)c(Nc3ccc(SC(F)F)cc3)n2)CCN(C(=O)CC#N)CC1. The third-order valence-electron chi connectivity index (χ3n) is 5.74. The molecule has 0 spiro atoms. The summed E-state index contributed by atoms with van der Waals surface area (Å²) in [5.74, 6) is -3.05. The van der Waals surface area contributed by atoms with Crippen molar-refractivity contribution >= 4 is 35.1 Å². The van der Waals surface area contributed by atoms with Crippen LogP contribution in [0.25, 0.3) is 0 Å². The number of nitrogens with two attached hydrogens (primary N) is 1. The minimum atomic E-state index is -2.50. The van der Waals surface area contributed by atoms with Gasteiger partial charge in [0.25, 0.3) is 11.7 Å². The first-order valence-electron chi connectivity index (χ1n) is 10.1. The number of alkyl halides is 2. The highest BCUT2D eigenvalue weighted by atomic mass is 32.2. The minimum absolute atomic E-state index is 0.143. The molecule has 1 fully saturated rings. The van der Waals surface area contributed by atoms with Crippen molar-refractivity contribution in [2.45, 2.75) is 48.8 Å². The van der Waals surface area contributed by atoms with Crippen molar-refractivity contribution in [3.63, 3.8) is 0 Å². The Bertz CT molecular complexity index is 1010. The Hall–Kier alpha value is -3.13. The van der Waals surface area contributed by atoms with E-state index in [2.05, 4.69) is 10.4 Å². The number of likely N-dealkylation sites (tertiary alicyclic amines) is 1. The lowest BCUT2D eigenvalue weighted by atomic mass is 9.85. The highest BCUT2D eigenvalue weighted by Crippen LogP contribution is 2.35. The number of rotatable bonds is 8. The molecule has 0 bridgehead atoms. The number of carbonyl (C=O) groups is 2. The van der Waals surface area contributed by atoms with E-state index in [4.69, 9.17) is 11.0 Å². The summed E-state index contributed by atoms with van der Waals surface area (Å²) >= 11 is 0.451. The van der Waals surface area contributed by atoms with Crippen LogP contribution >= 0.6 is 11.8 Å². The Balaban J connectivity index is 1.81. The molecule has 3 rings (SSSR count). The Morgan fingerprint density at radius 3 is 2.50 bits per heavy atom. The van der Waals surface area contributed by atoms with Gasteiger partial charge in [-0.3, -0.25) is 14.3 Å². The maximum atomic E-state index is 12.5. The quantitative estimate of drug-likeness (QED) is 0.578. The zero-order chi connectivity index (χ0) is 23.3. The average molecular weight is 463 g/mol. The highest BCUT2D eigenvalue weighted by molar-refractivity contribution is 7.99. The summed E-state index contributed by atoms with van der Waals surface area (Å²) in [6.45, 7) is 3.00. The molecule has 1 aliphatic rings. The fourth-order valence-electron chi connectivity index (χ4n) is 3.84. The molecule has 3 N–H and O–H groups in total. The van der Waals surface area contributed by atoms with E-state index in [-0.39, 0.29) is 23.7 Å². The number of benzene rings is 1. The van der Waals surface area contributed by atoms with Crippen LogP contribution in [0.1, 0.15) is 43.0 Å². The van der Waals surface area contributed by atoms with Crippen molar-refractivity contribution in [2.75, 3.05) is 18.4 Å². The molecule has 0 aliphatic carbocycles. The second-order valence-corrected chi connectivity index (χ2v) is 8.59. The molecule has 0 saturated carbocycles. The number of primary amides is 1. The van der Waals surface area contributed by atoms with E-state index in [1.807, 2.05) is 13.0 Å². The number of carbonyl (C=O) groups excluding carboxylic acids is 2. The van der Waals surface area contributed by atoms with Crippen molar-refractivity contribution in [1.29, 1.82) is 5.26 Å². The first-order chi connectivity index (χ1) is 15.3. The van der Waals surface area contributed by atoms with Crippen LogP contribution in [-0.2, 0) is 10.3 Å². The molecular formula is C21H24F2N6O2S. The van der Waals surface area contributed by atoms with Crippen molar-refractivity contribution < 1.29 is 18.4 Å². The third kappa shape index (κ3) is 5.19. The normalized spacial score (nSPS) is 15.4. The number of thioether (sulfide) groups is 1. The molecular weight excluding hydrogens is 438 g/mol. The van der Waals surface area contributed by atoms with Crippen LogP contribution in [0.5, 0.6) is 0 Å². The van der Waals surface area contributed by atoms with E-state index in [0.717, 1.165) is 6.42 Å². The Morgan fingerprint density at radius 2 is 1.97 bits per heavy atom. The number of amides is 2. The van der Waals surface area contributed by atoms with Gasteiger partial charge in [0.1, 0.15) is 12.0 Å². The second kappa shape index (κ2) is 9.99. The molecule has 11 heteroatoms. The third-order valence-corrected chi connectivity index (χ3v) is 6.47. The molecule has 2 aromatic rings. The predicted molar refractivity (Wildman–Crippen MR) is 117 cm³/mol. The van der Waals surface area contributed by atoms with Gasteiger partial charge in [0, 0.05) is 29.9 Å². The lowest BCUT2D eigenvalue weighted by Crippen LogP contribution is -2.48. The van der Waals surface area contributed by atoms with Crippen LogP contribution in [0.4, 0.5) is 20.3 Å². The van der Waals surface area contributed by atoms with Crippen LogP contribution in [0.3, 0.4) is 0 Å². The smallest absolute Gasteiger partial charge is 0.288 e. The van der Waals surface area contributed by atoms with Crippen molar-refractivity contribution in [3.8, 4) is 6.07 Å². The Morgan fingerprint density at radius 1 is 1.31 bits per heavy atom. The van der Waals surface area contributed by atoms with Gasteiger partial charge in [-0.2, -0.15) is 19.1 Å². The van der Waals surface area contributed by atoms with E-state index in [1.54, 1.807) is 40.0 Å². The molecule has 1 saturated heterocycles. The molecule has 170 valence electrons. The summed E-state index contributed by atoms with van der Waals surface area (Å²) in [5.41, 5.74) is 5.97. The predicted octanol–water partition coefficient (Wildman–Crippen LogP) is 3.68. The van der Waals surface area contributed by atoms with E-state index < -0.39 is 17.2 Å². The number of piperidine rings is 1. The zero-order valence-electron chi connectivity index (χ0n) is 17.6. The molecule has 0 unspecified atom stereocenters. The molecule has 8 nitrogen and oxygen atoms in total. The van der Waals surface area contributed by atoms with Crippen molar-refractivity contribution in [3.05, 3.63) is 36.0 Å². The molecule has 2 amide bonds. The number of halogens is 2. The van der Waals surface area contributed by atoms with Crippen LogP contribution in [0.15, 0.2) is 35.4 Å². The highest BCUT2D eigenvalue weighted by Gasteiger charge is 2.37. The van der Waals surface area contributed by atoms with Crippen molar-refractivity contribution in [1.82, 2.24) is 14.7 Å². The minimum Gasteiger partial charge on any atom is -0.365 e. The number of nitrogens with zero attached hydrogens (tertiary/aromatic N) is 4. The Kier molecular flexibility index (Phi) is 7.35. The summed E-state index contributed by atoms with van der Waals surface area (Å²) < 4.78 is 26.8. The van der Waals surface area contributed by atoms with Crippen LogP contribution in [-0.4, -0.2) is 45.3 Å². The number of hydrogen-bond donors (Lipinski definition) is 2. The largest absolute Gasteiger partial charge is 0.365 e. The van der Waals surface area contributed by atoms with Crippen LogP contribution < -0.4 is 11.1 Å². The number of anilines is 2. The number of nitriles is 1. The maximum Gasteiger partial charge on any atom is 0.288 e. The van der Waals surface area contributed by atoms with E-state index in [1.165, 1.54) is 0 Å². The topological polar surface area (TPSA) is 117 Å². The van der Waals surface area contributed by atoms with Gasteiger partial charge < -0.3 is 16.0 Å². The molecule has 0 radical (unpaired) electrons. The monoisotopic (exact) mass is 462 g/mol. The van der Waals surface area contributed by atoms with Crippen LogP contribution in [0.2, 0.25) is 0 Å². The summed E-state index contributed by atoms with van der Waals surface area (Å²) in [6.07, 6.45) is 3.45. The summed E-state index contributed by atoms with van der Waals surface area (Å²) in [7, 11) is 0. The van der Waals surface area contributed by atoms with Gasteiger partial charge in [-0.1, -0.05) is 18.7 Å². The van der Waals surface area contributed by atoms with E-state index in [0.29, 0.717) is 48.3 Å². The van der Waals surface area contributed by atoms with E-state index in [9.17, 15) is 18.4 Å². The maximum absolute atomic E-state index is 12.5. The molecule has 0 atom stereocenters. The summed E-state index contributed by atoms with van der Waals surface area (Å²) in [6, 6.07) is 8.25. The van der Waals surface area contributed by atoms with Crippen LogP contribution in [0, 0.1) is 11.3 Å². The molecule has 1 aromatic heterocycles. The molecule has 1 aromatic carbocycles. The zero-order valence-corrected chi connectivity index (χ0v) is 18.4. The summed E-state index contributed by atoms with van der Waals surface area (Å²) in [4.78, 5) is 26.2. The second-order valence-electron chi connectivity index (χ2n) is 7.52. The van der Waals surface area contributed by atoms with E-state index >= 15 is 0 Å². The number of aromatic nitrogens is 2. The van der Waals surface area contributed by atoms with Crippen molar-refractivity contribution in [2.24, 2.45) is 5.73 Å². The van der Waals surface area contributed by atoms with Gasteiger partial charge >= 0.3 is 0 Å². The Labute approximate surface area is 188 Å². The number of hydrogen-bond acceptors (Lipinski definition) is 6. The molecule has 32 heavy (non-hydrogen) atoms. The first-order valence-corrected chi connectivity index (χ1v) is 11.0. The first kappa shape index (κ1) is 23.5. The van der Waals surface area contributed by atoms with Gasteiger partial charge in [-0.05, 0) is 43.5 Å². The molecule has 1 aliphatic heterocycles. The standard InChI is InChI=1S/C21H24F2N6O2S/c1-2-21(8-11-28(12-9-21)17(30)7-10-24)29-13-16(18(25)31)19(27-29)26-14-3-5-15(6-4-14)32-20(22)23/h3-6,13,20H,2,7-9,11-12H2,1H3,(H2,25,31)(H,26,27). The van der Waals surface area contributed by atoms with Gasteiger partial charge in [0.05, 0.1) is 11.6 Å². The fourth-order valence-corrected chi connectivity index (χ4v) is 4.34. The lowest BCUT2D eigenvalue weighted by Gasteiger charge is -2.41. The van der Waals surface area contributed by atoms with Gasteiger partial charge in [0.15, 0.2) is 5.82 Å².